The summed E-state index contributed by atoms with van der Waals surface area (Å²) in [6.45, 7) is 2.30. The van der Waals surface area contributed by atoms with E-state index < -0.39 is 0 Å². The van der Waals surface area contributed by atoms with Gasteiger partial charge in [-0.15, -0.1) is 11.3 Å². The van der Waals surface area contributed by atoms with Gasteiger partial charge < -0.3 is 10.5 Å². The summed E-state index contributed by atoms with van der Waals surface area (Å²) in [5.41, 5.74) is 6.43. The van der Waals surface area contributed by atoms with E-state index in [9.17, 15) is 4.79 Å². The molecule has 118 valence electrons. The number of rotatable bonds is 6. The number of hydrogen-bond acceptors (Lipinski definition) is 4. The lowest BCUT2D eigenvalue weighted by molar-refractivity contribution is -0.146. The highest BCUT2D eigenvalue weighted by Gasteiger charge is 2.38. The number of thiophene rings is 1. The molecule has 0 amide bonds. The van der Waals surface area contributed by atoms with E-state index in [0.29, 0.717) is 13.0 Å². The second-order valence-corrected chi connectivity index (χ2v) is 9.03. The van der Waals surface area contributed by atoms with Gasteiger partial charge in [-0.3, -0.25) is 4.79 Å². The largest absolute Gasteiger partial charge is 0.466 e. The number of esters is 1. The zero-order valence-corrected chi connectivity index (χ0v) is 16.2. The average molecular weight is 439 g/mol. The van der Waals surface area contributed by atoms with Crippen LogP contribution in [0, 0.1) is 5.41 Å². The van der Waals surface area contributed by atoms with Crippen LogP contribution in [0.3, 0.4) is 0 Å². The van der Waals surface area contributed by atoms with Crippen LogP contribution in [0.2, 0.25) is 0 Å². The third-order valence-electron chi connectivity index (χ3n) is 4.17. The lowest BCUT2D eigenvalue weighted by atomic mass is 9.77. The van der Waals surface area contributed by atoms with Crippen LogP contribution in [-0.2, 0) is 9.53 Å². The molecule has 1 heterocycles. The maximum atomic E-state index is 11.9. The molecule has 0 bridgehead atoms. The molecule has 21 heavy (non-hydrogen) atoms. The van der Waals surface area contributed by atoms with Gasteiger partial charge in [-0.2, -0.15) is 0 Å². The van der Waals surface area contributed by atoms with Gasteiger partial charge in [0.2, 0.25) is 0 Å². The van der Waals surface area contributed by atoms with Gasteiger partial charge in [0.25, 0.3) is 0 Å². The van der Waals surface area contributed by atoms with Crippen LogP contribution in [0.4, 0.5) is 0 Å². The van der Waals surface area contributed by atoms with Crippen molar-refractivity contribution in [2.75, 3.05) is 6.61 Å². The molecule has 0 aliphatic heterocycles. The molecular weight excluding hydrogens is 418 g/mol. The van der Waals surface area contributed by atoms with E-state index in [0.717, 1.165) is 32.4 Å². The topological polar surface area (TPSA) is 52.3 Å². The molecule has 1 unspecified atom stereocenters. The van der Waals surface area contributed by atoms with Gasteiger partial charge in [-0.25, -0.2) is 0 Å². The Bertz CT molecular complexity index is 478. The molecular formula is C15H21Br2NO2S. The summed E-state index contributed by atoms with van der Waals surface area (Å²) in [5.74, 6) is -0.0832. The minimum atomic E-state index is -0.0832. The first-order valence-electron chi connectivity index (χ1n) is 7.32. The predicted octanol–water partition coefficient (Wildman–Crippen LogP) is 5.18. The Morgan fingerprint density at radius 1 is 1.48 bits per heavy atom. The molecule has 6 heteroatoms. The van der Waals surface area contributed by atoms with Crippen LogP contribution >= 0.6 is 43.2 Å². The Labute approximate surface area is 146 Å². The molecule has 1 atom stereocenters. The summed E-state index contributed by atoms with van der Waals surface area (Å²) in [5, 5.41) is 0. The number of carbonyl (C=O) groups is 1. The Kier molecular flexibility index (Phi) is 6.29. The SMILES string of the molecule is CCOC(=O)CC1(CC(N)c2cc(Br)c(Br)s2)CCCC1. The normalized spacial score (nSPS) is 18.7. The van der Waals surface area contributed by atoms with Crippen molar-refractivity contribution in [3.05, 3.63) is 19.2 Å². The first-order valence-corrected chi connectivity index (χ1v) is 9.72. The second kappa shape index (κ2) is 7.57. The van der Waals surface area contributed by atoms with E-state index in [1.807, 2.05) is 6.92 Å². The molecule has 2 N–H and O–H groups in total. The van der Waals surface area contributed by atoms with Crippen LogP contribution in [0.1, 0.15) is 56.4 Å². The van der Waals surface area contributed by atoms with E-state index >= 15 is 0 Å². The van der Waals surface area contributed by atoms with Crippen LogP contribution < -0.4 is 5.73 Å². The van der Waals surface area contributed by atoms with Crippen LogP contribution in [0.25, 0.3) is 0 Å². The summed E-state index contributed by atoms with van der Waals surface area (Å²) in [7, 11) is 0. The van der Waals surface area contributed by atoms with Gasteiger partial charge >= 0.3 is 5.97 Å². The summed E-state index contributed by atoms with van der Waals surface area (Å²) >= 11 is 8.68. The fourth-order valence-corrected chi connectivity index (χ4v) is 5.30. The summed E-state index contributed by atoms with van der Waals surface area (Å²) < 4.78 is 7.26. The number of carbonyl (C=O) groups excluding carboxylic acids is 1. The molecule has 0 radical (unpaired) electrons. The molecule has 1 fully saturated rings. The molecule has 2 rings (SSSR count). The van der Waals surface area contributed by atoms with E-state index in [2.05, 4.69) is 37.9 Å². The summed E-state index contributed by atoms with van der Waals surface area (Å²) in [6, 6.07) is 2.05. The minimum Gasteiger partial charge on any atom is -0.466 e. The van der Waals surface area contributed by atoms with Gasteiger partial charge in [-0.1, -0.05) is 12.8 Å². The van der Waals surface area contributed by atoms with Gasteiger partial charge in [0.15, 0.2) is 0 Å². The highest BCUT2D eigenvalue weighted by molar-refractivity contribution is 9.13. The Balaban J connectivity index is 2.06. The Morgan fingerprint density at radius 3 is 2.67 bits per heavy atom. The van der Waals surface area contributed by atoms with E-state index in [-0.39, 0.29) is 17.4 Å². The molecule has 1 aromatic heterocycles. The van der Waals surface area contributed by atoms with Gasteiger partial charge in [0.1, 0.15) is 0 Å². The molecule has 1 saturated carbocycles. The number of nitrogens with two attached hydrogens (primary N) is 1. The van der Waals surface area contributed by atoms with Crippen molar-refractivity contribution in [1.82, 2.24) is 0 Å². The van der Waals surface area contributed by atoms with E-state index in [1.165, 1.54) is 12.8 Å². The molecule has 0 saturated heterocycles. The van der Waals surface area contributed by atoms with Crippen molar-refractivity contribution in [3.8, 4) is 0 Å². The second-order valence-electron chi connectivity index (χ2n) is 5.77. The molecule has 0 spiro atoms. The van der Waals surface area contributed by atoms with Crippen molar-refractivity contribution in [2.45, 2.75) is 51.5 Å². The van der Waals surface area contributed by atoms with Crippen molar-refractivity contribution < 1.29 is 9.53 Å². The van der Waals surface area contributed by atoms with Gasteiger partial charge in [0.05, 0.1) is 16.8 Å². The molecule has 1 aliphatic rings. The van der Waals surface area contributed by atoms with Crippen molar-refractivity contribution in [3.63, 3.8) is 0 Å². The standard InChI is InChI=1S/C15H21Br2NO2S/c1-2-20-13(19)9-15(5-3-4-6-15)8-11(18)12-7-10(16)14(17)21-12/h7,11H,2-6,8-9,18H2,1H3. The zero-order valence-electron chi connectivity index (χ0n) is 12.2. The Hall–Kier alpha value is 0.0900. The lowest BCUT2D eigenvalue weighted by Crippen LogP contribution is -2.27. The smallest absolute Gasteiger partial charge is 0.306 e. The average Bonchev–Trinajstić information content (AvgIpc) is 2.98. The zero-order chi connectivity index (χ0) is 15.5. The quantitative estimate of drug-likeness (QED) is 0.622. The van der Waals surface area contributed by atoms with Crippen molar-refractivity contribution in [2.24, 2.45) is 11.1 Å². The van der Waals surface area contributed by atoms with Crippen LogP contribution in [-0.4, -0.2) is 12.6 Å². The molecule has 3 nitrogen and oxygen atoms in total. The first-order chi connectivity index (χ1) is 9.96. The van der Waals surface area contributed by atoms with Crippen LogP contribution in [0.15, 0.2) is 14.3 Å². The van der Waals surface area contributed by atoms with Gasteiger partial charge in [-0.05, 0) is 69.5 Å². The minimum absolute atomic E-state index is 0.0224. The predicted molar refractivity (Wildman–Crippen MR) is 93.4 cm³/mol. The first kappa shape index (κ1) is 17.4. The number of hydrogen-bond donors (Lipinski definition) is 1. The van der Waals surface area contributed by atoms with Crippen molar-refractivity contribution >= 4 is 49.2 Å². The van der Waals surface area contributed by atoms with E-state index in [4.69, 9.17) is 10.5 Å². The number of halogens is 2. The highest BCUT2D eigenvalue weighted by Crippen LogP contribution is 2.48. The molecule has 0 aromatic carbocycles. The molecule has 1 aliphatic carbocycles. The maximum Gasteiger partial charge on any atom is 0.306 e. The highest BCUT2D eigenvalue weighted by atomic mass is 79.9. The third-order valence-corrected chi connectivity index (χ3v) is 7.56. The monoisotopic (exact) mass is 437 g/mol. The van der Waals surface area contributed by atoms with Gasteiger partial charge in [0, 0.05) is 15.4 Å². The fraction of sp³-hybridized carbons (Fsp3) is 0.667. The Morgan fingerprint density at radius 2 is 2.14 bits per heavy atom. The fourth-order valence-electron chi connectivity index (χ4n) is 3.21. The third kappa shape index (κ3) is 4.53. The lowest BCUT2D eigenvalue weighted by Gasteiger charge is -2.30. The van der Waals surface area contributed by atoms with E-state index in [1.54, 1.807) is 11.3 Å². The molecule has 1 aromatic rings. The van der Waals surface area contributed by atoms with Crippen molar-refractivity contribution in [1.29, 1.82) is 0 Å². The summed E-state index contributed by atoms with van der Waals surface area (Å²) in [6.07, 6.45) is 5.88. The maximum absolute atomic E-state index is 11.9. The number of ether oxygens (including phenoxy) is 1. The van der Waals surface area contributed by atoms with Crippen LogP contribution in [0.5, 0.6) is 0 Å². The summed E-state index contributed by atoms with van der Waals surface area (Å²) in [4.78, 5) is 13.1.